The monoisotopic (exact) mass is 297 g/mol. The molecule has 1 aromatic carbocycles. The summed E-state index contributed by atoms with van der Waals surface area (Å²) < 4.78 is 2.16. The molecule has 2 aromatic heterocycles. The van der Waals surface area contributed by atoms with Crippen LogP contribution in [0.25, 0.3) is 11.0 Å². The van der Waals surface area contributed by atoms with E-state index in [9.17, 15) is 0 Å². The standard InChI is InChI=1S/C17H19N3S/c1-20-14-7-3-2-6-13(14)19-17(20)10-12(18)16-9-11-5-4-8-15(11)21-16/h2-3,6-7,9,12H,4-5,8,10,18H2,1H3. The molecule has 0 saturated heterocycles. The number of benzene rings is 1. The molecule has 1 aliphatic carbocycles. The van der Waals surface area contributed by atoms with E-state index < -0.39 is 0 Å². The van der Waals surface area contributed by atoms with Crippen molar-refractivity contribution in [2.24, 2.45) is 12.8 Å². The van der Waals surface area contributed by atoms with E-state index in [-0.39, 0.29) is 6.04 Å². The van der Waals surface area contributed by atoms with Crippen molar-refractivity contribution in [2.75, 3.05) is 0 Å². The lowest BCUT2D eigenvalue weighted by Gasteiger charge is -2.09. The Kier molecular flexibility index (Phi) is 3.08. The van der Waals surface area contributed by atoms with Gasteiger partial charge >= 0.3 is 0 Å². The second-order valence-electron chi connectivity index (χ2n) is 5.84. The number of aryl methyl sites for hydroxylation is 3. The molecule has 3 nitrogen and oxygen atoms in total. The van der Waals surface area contributed by atoms with E-state index in [4.69, 9.17) is 10.7 Å². The number of nitrogens with two attached hydrogens (primary N) is 1. The zero-order valence-corrected chi connectivity index (χ0v) is 13.0. The molecule has 2 N–H and O–H groups in total. The Morgan fingerprint density at radius 1 is 1.33 bits per heavy atom. The van der Waals surface area contributed by atoms with E-state index in [2.05, 4.69) is 35.9 Å². The third-order valence-electron chi connectivity index (χ3n) is 4.41. The van der Waals surface area contributed by atoms with Gasteiger partial charge in [0.1, 0.15) is 5.82 Å². The van der Waals surface area contributed by atoms with Crippen LogP contribution in [0.2, 0.25) is 0 Å². The van der Waals surface area contributed by atoms with Gasteiger partial charge in [0.2, 0.25) is 0 Å². The average molecular weight is 297 g/mol. The molecule has 1 atom stereocenters. The summed E-state index contributed by atoms with van der Waals surface area (Å²) in [6.07, 6.45) is 4.57. The van der Waals surface area contributed by atoms with Gasteiger partial charge < -0.3 is 10.3 Å². The minimum atomic E-state index is 0.0520. The molecule has 0 aliphatic heterocycles. The zero-order valence-electron chi connectivity index (χ0n) is 12.2. The third-order valence-corrected chi connectivity index (χ3v) is 5.78. The number of thiophene rings is 1. The summed E-state index contributed by atoms with van der Waals surface area (Å²) in [6, 6.07) is 10.6. The SMILES string of the molecule is Cn1c(CC(N)c2cc3c(s2)CCC3)nc2ccccc21. The number of aromatic nitrogens is 2. The topological polar surface area (TPSA) is 43.8 Å². The Morgan fingerprint density at radius 2 is 2.19 bits per heavy atom. The fourth-order valence-corrected chi connectivity index (χ4v) is 4.47. The van der Waals surface area contributed by atoms with E-state index in [0.717, 1.165) is 17.8 Å². The maximum atomic E-state index is 6.44. The highest BCUT2D eigenvalue weighted by atomic mass is 32.1. The lowest BCUT2D eigenvalue weighted by Crippen LogP contribution is -2.14. The molecule has 1 aliphatic rings. The van der Waals surface area contributed by atoms with Crippen molar-refractivity contribution < 1.29 is 0 Å². The van der Waals surface area contributed by atoms with Gasteiger partial charge in [-0.3, -0.25) is 0 Å². The molecule has 0 amide bonds. The molecular weight excluding hydrogens is 278 g/mol. The van der Waals surface area contributed by atoms with Crippen molar-refractivity contribution in [1.82, 2.24) is 9.55 Å². The van der Waals surface area contributed by atoms with Crippen LogP contribution in [0, 0.1) is 0 Å². The van der Waals surface area contributed by atoms with Gasteiger partial charge in [0.15, 0.2) is 0 Å². The fraction of sp³-hybridized carbons (Fsp3) is 0.353. The van der Waals surface area contributed by atoms with E-state index in [1.807, 2.05) is 17.4 Å². The Labute approximate surface area is 128 Å². The molecule has 1 unspecified atom stereocenters. The largest absolute Gasteiger partial charge is 0.331 e. The zero-order chi connectivity index (χ0) is 14.4. The number of rotatable bonds is 3. The lowest BCUT2D eigenvalue weighted by molar-refractivity contribution is 0.674. The predicted octanol–water partition coefficient (Wildman–Crippen LogP) is 3.37. The van der Waals surface area contributed by atoms with E-state index in [1.54, 1.807) is 4.88 Å². The number of hydrogen-bond donors (Lipinski definition) is 1. The second kappa shape index (κ2) is 4.97. The summed E-state index contributed by atoms with van der Waals surface area (Å²) in [5, 5.41) is 0. The molecule has 0 saturated carbocycles. The summed E-state index contributed by atoms with van der Waals surface area (Å²) >= 11 is 1.90. The molecule has 4 rings (SSSR count). The first-order valence-electron chi connectivity index (χ1n) is 7.50. The van der Waals surface area contributed by atoms with Crippen LogP contribution in [-0.4, -0.2) is 9.55 Å². The first-order valence-corrected chi connectivity index (χ1v) is 8.31. The van der Waals surface area contributed by atoms with Crippen LogP contribution < -0.4 is 5.73 Å². The fourth-order valence-electron chi connectivity index (χ4n) is 3.21. The average Bonchev–Trinajstić information content (AvgIpc) is 3.13. The summed E-state index contributed by atoms with van der Waals surface area (Å²) in [4.78, 5) is 7.59. The van der Waals surface area contributed by atoms with Crippen LogP contribution in [0.5, 0.6) is 0 Å². The van der Waals surface area contributed by atoms with Crippen molar-refractivity contribution >= 4 is 22.4 Å². The van der Waals surface area contributed by atoms with Crippen molar-refractivity contribution in [2.45, 2.75) is 31.7 Å². The highest BCUT2D eigenvalue weighted by molar-refractivity contribution is 7.12. The predicted molar refractivity (Wildman–Crippen MR) is 87.7 cm³/mol. The molecule has 0 spiro atoms. The van der Waals surface area contributed by atoms with Crippen LogP contribution in [0.15, 0.2) is 30.3 Å². The Hall–Kier alpha value is -1.65. The van der Waals surface area contributed by atoms with Crippen LogP contribution in [0.1, 0.15) is 33.6 Å². The van der Waals surface area contributed by atoms with Crippen molar-refractivity contribution in [3.63, 3.8) is 0 Å². The lowest BCUT2D eigenvalue weighted by atomic mass is 10.1. The third kappa shape index (κ3) is 2.19. The Bertz CT molecular complexity index is 778. The van der Waals surface area contributed by atoms with Crippen molar-refractivity contribution in [3.05, 3.63) is 51.5 Å². The number of para-hydroxylation sites is 2. The van der Waals surface area contributed by atoms with Gasteiger partial charge in [-0.2, -0.15) is 0 Å². The van der Waals surface area contributed by atoms with Gasteiger partial charge in [0.05, 0.1) is 11.0 Å². The smallest absolute Gasteiger partial charge is 0.111 e. The van der Waals surface area contributed by atoms with E-state index in [0.29, 0.717) is 0 Å². The number of fused-ring (bicyclic) bond motifs is 2. The Balaban J connectivity index is 1.62. The van der Waals surface area contributed by atoms with Crippen molar-refractivity contribution in [1.29, 1.82) is 0 Å². The maximum Gasteiger partial charge on any atom is 0.111 e. The molecule has 4 heteroatoms. The Morgan fingerprint density at radius 3 is 3.00 bits per heavy atom. The van der Waals surface area contributed by atoms with Crippen LogP contribution >= 0.6 is 11.3 Å². The van der Waals surface area contributed by atoms with Gasteiger partial charge in [-0.15, -0.1) is 11.3 Å². The van der Waals surface area contributed by atoms with Gasteiger partial charge in [0.25, 0.3) is 0 Å². The minimum Gasteiger partial charge on any atom is -0.331 e. The molecule has 0 fully saturated rings. The van der Waals surface area contributed by atoms with Gasteiger partial charge in [-0.25, -0.2) is 4.98 Å². The molecule has 21 heavy (non-hydrogen) atoms. The van der Waals surface area contributed by atoms with E-state index >= 15 is 0 Å². The van der Waals surface area contributed by atoms with Gasteiger partial charge in [-0.05, 0) is 43.0 Å². The minimum absolute atomic E-state index is 0.0520. The molecule has 2 heterocycles. The molecule has 108 valence electrons. The second-order valence-corrected chi connectivity index (χ2v) is 7.01. The van der Waals surface area contributed by atoms with Crippen LogP contribution in [0.4, 0.5) is 0 Å². The van der Waals surface area contributed by atoms with Crippen molar-refractivity contribution in [3.8, 4) is 0 Å². The summed E-state index contributed by atoms with van der Waals surface area (Å²) in [6.45, 7) is 0. The van der Waals surface area contributed by atoms with Gasteiger partial charge in [-0.1, -0.05) is 12.1 Å². The first-order chi connectivity index (χ1) is 10.2. The van der Waals surface area contributed by atoms with Crippen LogP contribution in [0.3, 0.4) is 0 Å². The molecule has 0 bridgehead atoms. The van der Waals surface area contributed by atoms with Gasteiger partial charge in [0, 0.05) is 29.3 Å². The highest BCUT2D eigenvalue weighted by Gasteiger charge is 2.19. The number of nitrogens with zero attached hydrogens (tertiary/aromatic N) is 2. The number of imidazole rings is 1. The van der Waals surface area contributed by atoms with Crippen LogP contribution in [-0.2, 0) is 26.3 Å². The molecule has 3 aromatic rings. The summed E-state index contributed by atoms with van der Waals surface area (Å²) in [5.41, 5.74) is 10.2. The molecule has 0 radical (unpaired) electrons. The summed E-state index contributed by atoms with van der Waals surface area (Å²) in [7, 11) is 2.08. The maximum absolute atomic E-state index is 6.44. The quantitative estimate of drug-likeness (QED) is 0.805. The normalized spacial score (nSPS) is 15.5. The highest BCUT2D eigenvalue weighted by Crippen LogP contribution is 2.34. The van der Waals surface area contributed by atoms with E-state index in [1.165, 1.54) is 35.2 Å². The summed E-state index contributed by atoms with van der Waals surface area (Å²) in [5.74, 6) is 1.07. The molecular formula is C17H19N3S. The first kappa shape index (κ1) is 13.0. The number of hydrogen-bond acceptors (Lipinski definition) is 3.